The molecule has 0 unspecified atom stereocenters. The molecule has 0 radical (unpaired) electrons. The Morgan fingerprint density at radius 2 is 1.92 bits per heavy atom. The summed E-state index contributed by atoms with van der Waals surface area (Å²) >= 11 is 0. The summed E-state index contributed by atoms with van der Waals surface area (Å²) in [5.74, 6) is -0.640. The van der Waals surface area contributed by atoms with Gasteiger partial charge in [-0.2, -0.15) is 0 Å². The first kappa shape index (κ1) is 17.9. The van der Waals surface area contributed by atoms with Gasteiger partial charge in [-0.1, -0.05) is 24.3 Å². The van der Waals surface area contributed by atoms with E-state index in [4.69, 9.17) is 9.47 Å². The van der Waals surface area contributed by atoms with Crippen molar-refractivity contribution in [1.82, 2.24) is 5.32 Å². The molecule has 0 spiro atoms. The molecule has 0 aliphatic rings. The number of hydrogen-bond donors (Lipinski definition) is 1. The zero-order chi connectivity index (χ0) is 18.2. The molecule has 2 aromatic carbocycles. The van der Waals surface area contributed by atoms with Gasteiger partial charge in [0.1, 0.15) is 18.9 Å². The molecule has 0 saturated heterocycles. The van der Waals surface area contributed by atoms with E-state index in [1.54, 1.807) is 24.3 Å². The van der Waals surface area contributed by atoms with Crippen LogP contribution < -0.4 is 10.1 Å². The summed E-state index contributed by atoms with van der Waals surface area (Å²) in [5.41, 5.74) is 0.585. The van der Waals surface area contributed by atoms with Gasteiger partial charge in [0.05, 0.1) is 12.0 Å². The number of carbonyl (C=O) groups is 2. The monoisotopic (exact) mass is 344 g/mol. The van der Waals surface area contributed by atoms with Gasteiger partial charge in [-0.15, -0.1) is 0 Å². The largest absolute Gasteiger partial charge is 0.496 e. The summed E-state index contributed by atoms with van der Waals surface area (Å²) in [7, 11) is 1.51. The van der Waals surface area contributed by atoms with Gasteiger partial charge >= 0.3 is 5.97 Å². The molecule has 130 valence electrons. The molecule has 2 rings (SSSR count). The van der Waals surface area contributed by atoms with Crippen molar-refractivity contribution in [2.24, 2.45) is 0 Å². The predicted octanol–water partition coefficient (Wildman–Crippen LogP) is 2.08. The van der Waals surface area contributed by atoms with Gasteiger partial charge in [0.2, 0.25) is 0 Å². The Kier molecular flexibility index (Phi) is 6.05. The van der Waals surface area contributed by atoms with Crippen LogP contribution in [0.3, 0.4) is 0 Å². The molecule has 0 aliphatic carbocycles. The fourth-order valence-electron chi connectivity index (χ4n) is 2.05. The van der Waals surface area contributed by atoms with E-state index >= 15 is 0 Å². The quantitative estimate of drug-likeness (QED) is 0.468. The fraction of sp³-hybridized carbons (Fsp3) is 0.176. The van der Waals surface area contributed by atoms with Crippen LogP contribution in [0.15, 0.2) is 48.5 Å². The first-order valence-electron chi connectivity index (χ1n) is 7.31. The minimum atomic E-state index is -0.635. The highest BCUT2D eigenvalue weighted by Crippen LogP contribution is 2.18. The minimum Gasteiger partial charge on any atom is -0.496 e. The molecule has 0 fully saturated rings. The summed E-state index contributed by atoms with van der Waals surface area (Å²) in [6.07, 6.45) is 0. The van der Waals surface area contributed by atoms with E-state index in [0.717, 1.165) is 6.07 Å². The number of methoxy groups -OCH3 is 1. The number of non-ortho nitro benzene ring substituents is 1. The Morgan fingerprint density at radius 1 is 1.16 bits per heavy atom. The van der Waals surface area contributed by atoms with Crippen LogP contribution in [0, 0.1) is 10.1 Å². The number of amides is 1. The van der Waals surface area contributed by atoms with Gasteiger partial charge in [-0.25, -0.2) is 0 Å². The van der Waals surface area contributed by atoms with E-state index in [1.165, 1.54) is 25.3 Å². The highest BCUT2D eigenvalue weighted by Gasteiger charge is 2.13. The van der Waals surface area contributed by atoms with Crippen molar-refractivity contribution in [2.75, 3.05) is 13.7 Å². The summed E-state index contributed by atoms with van der Waals surface area (Å²) in [6, 6.07) is 12.3. The molecule has 0 aromatic heterocycles. The Labute approximate surface area is 143 Å². The van der Waals surface area contributed by atoms with Gasteiger partial charge < -0.3 is 14.8 Å². The van der Waals surface area contributed by atoms with Crippen LogP contribution >= 0.6 is 0 Å². The SMILES string of the molecule is COc1ccccc1COC(=O)CNC(=O)c1cccc([N+](=O)[O-])c1. The van der Waals surface area contributed by atoms with Gasteiger partial charge in [0.25, 0.3) is 11.6 Å². The van der Waals surface area contributed by atoms with E-state index in [-0.39, 0.29) is 24.4 Å². The highest BCUT2D eigenvalue weighted by atomic mass is 16.6. The molecule has 0 saturated carbocycles. The van der Waals surface area contributed by atoms with Gasteiger partial charge in [-0.05, 0) is 12.1 Å². The van der Waals surface area contributed by atoms with Gasteiger partial charge in [-0.3, -0.25) is 19.7 Å². The van der Waals surface area contributed by atoms with Crippen LogP contribution in [0.25, 0.3) is 0 Å². The van der Waals surface area contributed by atoms with Crippen LogP contribution in [0.5, 0.6) is 5.75 Å². The van der Waals surface area contributed by atoms with Crippen LogP contribution in [0.2, 0.25) is 0 Å². The van der Waals surface area contributed by atoms with Crippen molar-refractivity contribution in [2.45, 2.75) is 6.61 Å². The van der Waals surface area contributed by atoms with Crippen molar-refractivity contribution < 1.29 is 24.0 Å². The Morgan fingerprint density at radius 3 is 2.64 bits per heavy atom. The zero-order valence-corrected chi connectivity index (χ0v) is 13.4. The van der Waals surface area contributed by atoms with Crippen LogP contribution in [-0.2, 0) is 16.1 Å². The van der Waals surface area contributed by atoms with Crippen molar-refractivity contribution >= 4 is 17.6 Å². The third kappa shape index (κ3) is 5.03. The Hall–Kier alpha value is -3.42. The number of esters is 1. The number of nitrogens with zero attached hydrogens (tertiary/aromatic N) is 1. The van der Waals surface area contributed by atoms with E-state index in [2.05, 4.69) is 5.32 Å². The van der Waals surface area contributed by atoms with E-state index in [9.17, 15) is 19.7 Å². The van der Waals surface area contributed by atoms with Crippen LogP contribution in [0.1, 0.15) is 15.9 Å². The third-order valence-electron chi connectivity index (χ3n) is 3.29. The number of ether oxygens (including phenoxy) is 2. The molecular formula is C17H16N2O6. The molecular weight excluding hydrogens is 328 g/mol. The van der Waals surface area contributed by atoms with Crippen molar-refractivity contribution in [1.29, 1.82) is 0 Å². The second-order valence-corrected chi connectivity index (χ2v) is 4.96. The molecule has 8 nitrogen and oxygen atoms in total. The highest BCUT2D eigenvalue weighted by molar-refractivity contribution is 5.96. The second-order valence-electron chi connectivity index (χ2n) is 4.96. The molecule has 0 bridgehead atoms. The molecule has 1 N–H and O–H groups in total. The standard InChI is InChI=1S/C17H16N2O6/c1-24-15-8-3-2-5-13(15)11-25-16(20)10-18-17(21)12-6-4-7-14(9-12)19(22)23/h2-9H,10-11H2,1H3,(H,18,21). The van der Waals surface area contributed by atoms with E-state index in [0.29, 0.717) is 11.3 Å². The van der Waals surface area contributed by atoms with Crippen LogP contribution in [0.4, 0.5) is 5.69 Å². The van der Waals surface area contributed by atoms with Crippen molar-refractivity contribution in [3.8, 4) is 5.75 Å². The number of hydrogen-bond acceptors (Lipinski definition) is 6. The Balaban J connectivity index is 1.86. The number of nitro benzene ring substituents is 1. The number of rotatable bonds is 7. The predicted molar refractivity (Wildman–Crippen MR) is 88.2 cm³/mol. The molecule has 2 aromatic rings. The first-order valence-corrected chi connectivity index (χ1v) is 7.31. The van der Waals surface area contributed by atoms with Gasteiger partial charge in [0, 0.05) is 23.3 Å². The normalized spacial score (nSPS) is 9.96. The lowest BCUT2D eigenvalue weighted by Gasteiger charge is -2.09. The first-order chi connectivity index (χ1) is 12.0. The number of para-hydroxylation sites is 1. The number of nitrogens with one attached hydrogen (secondary N) is 1. The van der Waals surface area contributed by atoms with E-state index in [1.807, 2.05) is 0 Å². The van der Waals surface area contributed by atoms with Crippen LogP contribution in [-0.4, -0.2) is 30.5 Å². The second kappa shape index (κ2) is 8.44. The molecule has 1 amide bonds. The molecule has 8 heteroatoms. The average Bonchev–Trinajstić information content (AvgIpc) is 2.64. The maximum Gasteiger partial charge on any atom is 0.325 e. The number of benzene rings is 2. The molecule has 0 heterocycles. The summed E-state index contributed by atoms with van der Waals surface area (Å²) in [4.78, 5) is 33.8. The molecule has 25 heavy (non-hydrogen) atoms. The fourth-order valence-corrected chi connectivity index (χ4v) is 2.05. The topological polar surface area (TPSA) is 108 Å². The number of carbonyl (C=O) groups excluding carboxylic acids is 2. The lowest BCUT2D eigenvalue weighted by molar-refractivity contribution is -0.384. The van der Waals surface area contributed by atoms with Gasteiger partial charge in [0.15, 0.2) is 0 Å². The summed E-state index contributed by atoms with van der Waals surface area (Å²) < 4.78 is 10.2. The van der Waals surface area contributed by atoms with E-state index < -0.39 is 16.8 Å². The smallest absolute Gasteiger partial charge is 0.325 e. The summed E-state index contributed by atoms with van der Waals surface area (Å²) in [6.45, 7) is -0.341. The minimum absolute atomic E-state index is 0.00945. The lowest BCUT2D eigenvalue weighted by atomic mass is 10.2. The summed E-state index contributed by atoms with van der Waals surface area (Å²) in [5, 5.41) is 13.1. The number of nitro groups is 1. The third-order valence-corrected chi connectivity index (χ3v) is 3.29. The lowest BCUT2D eigenvalue weighted by Crippen LogP contribution is -2.30. The molecule has 0 aliphatic heterocycles. The Bertz CT molecular complexity index is 790. The average molecular weight is 344 g/mol. The maximum absolute atomic E-state index is 11.9. The van der Waals surface area contributed by atoms with Crippen molar-refractivity contribution in [3.05, 3.63) is 69.8 Å². The zero-order valence-electron chi connectivity index (χ0n) is 13.4. The molecule has 0 atom stereocenters. The van der Waals surface area contributed by atoms with Crippen molar-refractivity contribution in [3.63, 3.8) is 0 Å². The maximum atomic E-state index is 11.9.